The number of nitrogens with two attached hydrogens (primary N) is 5. The van der Waals surface area contributed by atoms with Gasteiger partial charge in [0.15, 0.2) is 18.9 Å². The summed E-state index contributed by atoms with van der Waals surface area (Å²) in [5.74, 6) is 0. The highest BCUT2D eigenvalue weighted by molar-refractivity contribution is 5.01. The molecule has 0 amide bonds. The van der Waals surface area contributed by atoms with E-state index in [4.69, 9.17) is 52.4 Å². The van der Waals surface area contributed by atoms with Gasteiger partial charge in [-0.3, -0.25) is 0 Å². The zero-order chi connectivity index (χ0) is 26.5. The smallest absolute Gasteiger partial charge is 0.189 e. The molecule has 17 atom stereocenters. The maximum Gasteiger partial charge on any atom is 0.189 e. The maximum atomic E-state index is 10.9. The monoisotopic (exact) mass is 525 g/mol. The summed E-state index contributed by atoms with van der Waals surface area (Å²) in [6.45, 7) is -0.526. The first kappa shape index (κ1) is 28.4. The molecule has 36 heavy (non-hydrogen) atoms. The van der Waals surface area contributed by atoms with Crippen molar-refractivity contribution in [2.75, 3.05) is 6.61 Å². The standard InChI is InChI=1S/C20H39N5O11/c21-4-1-5(22)16(14(30)11(4)27)34-18-6(23)2-7-17(35-18)13(29)10(25)19(32-7)36-20-15(31)12(28)9(24)8(3-26)33-20/h4-20,26-31H,1-3,21-25H2/t4-,5?,6?,7+,8?,9-,10?,11?,12?,13?,14?,15?,16-,17?,18+,19?,20-/m1/s1. The summed E-state index contributed by atoms with van der Waals surface area (Å²) in [6.07, 6.45) is -14.3. The third kappa shape index (κ3) is 5.28. The summed E-state index contributed by atoms with van der Waals surface area (Å²) in [6, 6.07) is -4.40. The highest BCUT2D eigenvalue weighted by Gasteiger charge is 2.53. The van der Waals surface area contributed by atoms with Gasteiger partial charge in [0.2, 0.25) is 0 Å². The van der Waals surface area contributed by atoms with Crippen LogP contribution in [0, 0.1) is 0 Å². The number of rotatable bonds is 5. The lowest BCUT2D eigenvalue weighted by Gasteiger charge is -2.50. The Morgan fingerprint density at radius 1 is 0.611 bits per heavy atom. The lowest BCUT2D eigenvalue weighted by molar-refractivity contribution is -0.371. The van der Waals surface area contributed by atoms with Gasteiger partial charge in [-0.15, -0.1) is 0 Å². The molecule has 16 nitrogen and oxygen atoms in total. The van der Waals surface area contributed by atoms with E-state index < -0.39 is 111 Å². The fraction of sp³-hybridized carbons (Fsp3) is 1.00. The van der Waals surface area contributed by atoms with Crippen molar-refractivity contribution < 1.29 is 54.3 Å². The van der Waals surface area contributed by atoms with Gasteiger partial charge in [-0.05, 0) is 12.8 Å². The molecule has 0 aromatic heterocycles. The minimum atomic E-state index is -1.56. The molecule has 3 heterocycles. The fourth-order valence-corrected chi connectivity index (χ4v) is 5.18. The topological polar surface area (TPSA) is 298 Å². The molecular weight excluding hydrogens is 486 g/mol. The second-order valence-electron chi connectivity index (χ2n) is 10.0. The molecule has 4 rings (SSSR count). The van der Waals surface area contributed by atoms with Crippen LogP contribution in [-0.4, -0.2) is 141 Å². The van der Waals surface area contributed by atoms with Crippen molar-refractivity contribution in [2.24, 2.45) is 28.7 Å². The van der Waals surface area contributed by atoms with Crippen molar-refractivity contribution in [3.05, 3.63) is 0 Å². The van der Waals surface area contributed by atoms with Crippen molar-refractivity contribution >= 4 is 0 Å². The van der Waals surface area contributed by atoms with Crippen LogP contribution >= 0.6 is 0 Å². The van der Waals surface area contributed by atoms with Gasteiger partial charge < -0.3 is 83.0 Å². The van der Waals surface area contributed by atoms with E-state index in [-0.39, 0.29) is 12.8 Å². The normalized spacial score (nSPS) is 56.2. The average molecular weight is 526 g/mol. The first-order chi connectivity index (χ1) is 16.9. The highest BCUT2D eigenvalue weighted by atomic mass is 16.8. The Hall–Kier alpha value is -0.640. The van der Waals surface area contributed by atoms with E-state index in [2.05, 4.69) is 0 Å². The van der Waals surface area contributed by atoms with Gasteiger partial charge in [-0.25, -0.2) is 0 Å². The van der Waals surface area contributed by atoms with Crippen LogP contribution in [0.25, 0.3) is 0 Å². The van der Waals surface area contributed by atoms with Gasteiger partial charge in [-0.2, -0.15) is 0 Å². The summed E-state index contributed by atoms with van der Waals surface area (Å²) >= 11 is 0. The molecule has 0 bridgehead atoms. The Labute approximate surface area is 207 Å². The third-order valence-electron chi connectivity index (χ3n) is 7.46. The van der Waals surface area contributed by atoms with Crippen molar-refractivity contribution in [1.29, 1.82) is 0 Å². The Bertz CT molecular complexity index is 742. The largest absolute Gasteiger partial charge is 0.394 e. The van der Waals surface area contributed by atoms with Crippen LogP contribution in [0.4, 0.5) is 0 Å². The van der Waals surface area contributed by atoms with Crippen molar-refractivity contribution in [2.45, 2.75) is 117 Å². The Kier molecular flexibility index (Phi) is 8.85. The van der Waals surface area contributed by atoms with Crippen LogP contribution < -0.4 is 28.7 Å². The van der Waals surface area contributed by atoms with Crippen LogP contribution in [0.15, 0.2) is 0 Å². The van der Waals surface area contributed by atoms with Gasteiger partial charge >= 0.3 is 0 Å². The molecule has 16 heteroatoms. The number of ether oxygens (including phenoxy) is 5. The van der Waals surface area contributed by atoms with E-state index in [0.717, 1.165) is 0 Å². The average Bonchev–Trinajstić information content (AvgIpc) is 2.84. The Balaban J connectivity index is 1.40. The summed E-state index contributed by atoms with van der Waals surface area (Å²) < 4.78 is 28.7. The fourth-order valence-electron chi connectivity index (χ4n) is 5.18. The zero-order valence-corrected chi connectivity index (χ0v) is 19.5. The molecule has 16 N–H and O–H groups in total. The van der Waals surface area contributed by atoms with Crippen LogP contribution in [0.1, 0.15) is 12.8 Å². The van der Waals surface area contributed by atoms with Gasteiger partial charge in [0.25, 0.3) is 0 Å². The quantitative estimate of drug-likeness (QED) is 0.159. The molecule has 3 aliphatic heterocycles. The molecule has 0 aromatic rings. The van der Waals surface area contributed by atoms with E-state index in [1.54, 1.807) is 0 Å². The minimum absolute atomic E-state index is 0.125. The predicted molar refractivity (Wildman–Crippen MR) is 118 cm³/mol. The molecule has 210 valence electrons. The van der Waals surface area contributed by atoms with E-state index in [0.29, 0.717) is 0 Å². The van der Waals surface area contributed by atoms with Gasteiger partial charge in [0, 0.05) is 12.1 Å². The second kappa shape index (κ2) is 11.2. The van der Waals surface area contributed by atoms with E-state index in [9.17, 15) is 30.6 Å². The molecular formula is C20H39N5O11. The molecule has 4 fully saturated rings. The molecule has 1 saturated carbocycles. The highest BCUT2D eigenvalue weighted by Crippen LogP contribution is 2.35. The molecule has 0 aromatic carbocycles. The number of aliphatic hydroxyl groups is 6. The van der Waals surface area contributed by atoms with E-state index in [1.807, 2.05) is 0 Å². The molecule has 4 aliphatic rings. The second-order valence-corrected chi connectivity index (χ2v) is 10.0. The molecule has 0 radical (unpaired) electrons. The molecule has 1 aliphatic carbocycles. The Morgan fingerprint density at radius 2 is 1.31 bits per heavy atom. The summed E-state index contributed by atoms with van der Waals surface area (Å²) in [5.41, 5.74) is 30.0. The number of fused-ring (bicyclic) bond motifs is 1. The summed E-state index contributed by atoms with van der Waals surface area (Å²) in [4.78, 5) is 0. The number of hydrogen-bond acceptors (Lipinski definition) is 16. The lowest BCUT2D eigenvalue weighted by atomic mass is 9.84. The zero-order valence-electron chi connectivity index (χ0n) is 19.5. The first-order valence-electron chi connectivity index (χ1n) is 12.0. The third-order valence-corrected chi connectivity index (χ3v) is 7.46. The summed E-state index contributed by atoms with van der Waals surface area (Å²) in [5, 5.41) is 61.3. The van der Waals surface area contributed by atoms with E-state index in [1.165, 1.54) is 0 Å². The van der Waals surface area contributed by atoms with Crippen LogP contribution in [-0.2, 0) is 23.7 Å². The van der Waals surface area contributed by atoms with E-state index >= 15 is 0 Å². The van der Waals surface area contributed by atoms with Crippen LogP contribution in [0.3, 0.4) is 0 Å². The first-order valence-corrected chi connectivity index (χ1v) is 12.0. The van der Waals surface area contributed by atoms with Gasteiger partial charge in [0.05, 0.1) is 36.9 Å². The van der Waals surface area contributed by atoms with Crippen molar-refractivity contribution in [1.82, 2.24) is 0 Å². The SMILES string of the molecule is NC1C(O[C@H]2OC(CO)[C@@H](N)C(O)C2O)O[C@H]2CC(N)[C@@H](O[C@@H]3C(N)C[C@@H](N)C(O)C3O)OC2C1O. The van der Waals surface area contributed by atoms with Crippen LogP contribution in [0.2, 0.25) is 0 Å². The van der Waals surface area contributed by atoms with Gasteiger partial charge in [0.1, 0.15) is 42.7 Å². The Morgan fingerprint density at radius 3 is 1.97 bits per heavy atom. The predicted octanol–water partition coefficient (Wildman–Crippen LogP) is -7.21. The maximum absolute atomic E-state index is 10.9. The molecule has 11 unspecified atom stereocenters. The van der Waals surface area contributed by atoms with Crippen molar-refractivity contribution in [3.63, 3.8) is 0 Å². The minimum Gasteiger partial charge on any atom is -0.394 e. The lowest BCUT2D eigenvalue weighted by Crippen LogP contribution is -2.70. The molecule has 3 saturated heterocycles. The number of hydrogen-bond donors (Lipinski definition) is 11. The summed E-state index contributed by atoms with van der Waals surface area (Å²) in [7, 11) is 0. The van der Waals surface area contributed by atoms with Crippen molar-refractivity contribution in [3.8, 4) is 0 Å². The number of aliphatic hydroxyl groups excluding tert-OH is 6. The van der Waals surface area contributed by atoms with Gasteiger partial charge in [-0.1, -0.05) is 0 Å². The van der Waals surface area contributed by atoms with Crippen LogP contribution in [0.5, 0.6) is 0 Å². The molecule has 0 spiro atoms.